The first-order valence-corrected chi connectivity index (χ1v) is 6.67. The Hall–Kier alpha value is -2.04. The molecule has 19 heavy (non-hydrogen) atoms. The monoisotopic (exact) mass is 260 g/mol. The van der Waals surface area contributed by atoms with Crippen LogP contribution in [0.4, 0.5) is 5.69 Å². The van der Waals surface area contributed by atoms with Gasteiger partial charge in [0.05, 0.1) is 30.7 Å². The zero-order chi connectivity index (χ0) is 13.5. The predicted octanol–water partition coefficient (Wildman–Crippen LogP) is 2.70. The molecule has 5 heteroatoms. The van der Waals surface area contributed by atoms with Crippen molar-refractivity contribution in [3.63, 3.8) is 0 Å². The van der Waals surface area contributed by atoms with Gasteiger partial charge in [0.2, 0.25) is 5.88 Å². The van der Waals surface area contributed by atoms with E-state index in [4.69, 9.17) is 4.74 Å². The number of aryl methyl sites for hydroxylation is 1. The molecule has 2 rings (SSSR count). The highest BCUT2D eigenvalue weighted by Crippen LogP contribution is 2.12. The number of hydrogen-bond acceptors (Lipinski definition) is 4. The number of nitrogens with zero attached hydrogens (tertiary/aromatic N) is 3. The molecule has 102 valence electrons. The fourth-order valence-electron chi connectivity index (χ4n) is 1.83. The lowest BCUT2D eigenvalue weighted by Crippen LogP contribution is -2.09. The summed E-state index contributed by atoms with van der Waals surface area (Å²) in [5.74, 6) is 0.657. The van der Waals surface area contributed by atoms with Crippen molar-refractivity contribution >= 4 is 5.69 Å². The van der Waals surface area contributed by atoms with Crippen LogP contribution in [-0.4, -0.2) is 21.4 Å². The van der Waals surface area contributed by atoms with E-state index < -0.39 is 0 Å². The van der Waals surface area contributed by atoms with Crippen molar-refractivity contribution in [1.29, 1.82) is 0 Å². The maximum absolute atomic E-state index is 5.31. The van der Waals surface area contributed by atoms with Gasteiger partial charge in [0.1, 0.15) is 0 Å². The van der Waals surface area contributed by atoms with Crippen molar-refractivity contribution in [2.24, 2.45) is 0 Å². The van der Waals surface area contributed by atoms with Crippen molar-refractivity contribution in [3.8, 4) is 5.88 Å². The topological polar surface area (TPSA) is 52.0 Å². The Morgan fingerprint density at radius 2 is 2.16 bits per heavy atom. The molecule has 5 nitrogen and oxygen atoms in total. The Morgan fingerprint density at radius 3 is 2.84 bits per heavy atom. The van der Waals surface area contributed by atoms with Gasteiger partial charge in [-0.15, -0.1) is 0 Å². The molecule has 0 aliphatic rings. The van der Waals surface area contributed by atoms with Gasteiger partial charge in [0, 0.05) is 18.8 Å². The van der Waals surface area contributed by atoms with E-state index in [1.165, 1.54) is 5.69 Å². The SMILES string of the molecule is CCCn1nccc1CNc1ccc(OCC)nc1. The lowest BCUT2D eigenvalue weighted by atomic mass is 10.3. The minimum Gasteiger partial charge on any atom is -0.478 e. The molecule has 0 unspecified atom stereocenters. The molecule has 0 fully saturated rings. The number of pyridine rings is 1. The van der Waals surface area contributed by atoms with Crippen molar-refractivity contribution in [2.75, 3.05) is 11.9 Å². The van der Waals surface area contributed by atoms with Crippen molar-refractivity contribution in [3.05, 3.63) is 36.3 Å². The average Bonchev–Trinajstić information content (AvgIpc) is 2.86. The van der Waals surface area contributed by atoms with Crippen LogP contribution in [0.3, 0.4) is 0 Å². The normalized spacial score (nSPS) is 10.4. The van der Waals surface area contributed by atoms with Gasteiger partial charge in [-0.2, -0.15) is 5.10 Å². The number of rotatable bonds is 7. The molecule has 0 aromatic carbocycles. The van der Waals surface area contributed by atoms with E-state index in [0.29, 0.717) is 12.5 Å². The van der Waals surface area contributed by atoms with Gasteiger partial charge in [-0.05, 0) is 25.5 Å². The van der Waals surface area contributed by atoms with Crippen LogP contribution >= 0.6 is 0 Å². The molecule has 1 N–H and O–H groups in total. The van der Waals surface area contributed by atoms with E-state index in [-0.39, 0.29) is 0 Å². The summed E-state index contributed by atoms with van der Waals surface area (Å²) in [7, 11) is 0. The second-order valence-corrected chi connectivity index (χ2v) is 4.22. The summed E-state index contributed by atoms with van der Waals surface area (Å²) in [5.41, 5.74) is 2.16. The van der Waals surface area contributed by atoms with Gasteiger partial charge in [-0.25, -0.2) is 4.98 Å². The minimum atomic E-state index is 0.635. The Balaban J connectivity index is 1.92. The molecule has 0 spiro atoms. The van der Waals surface area contributed by atoms with Crippen LogP contribution in [0.2, 0.25) is 0 Å². The van der Waals surface area contributed by atoms with Gasteiger partial charge in [-0.1, -0.05) is 6.92 Å². The summed E-state index contributed by atoms with van der Waals surface area (Å²) in [6, 6.07) is 5.87. The van der Waals surface area contributed by atoms with E-state index in [0.717, 1.165) is 25.2 Å². The van der Waals surface area contributed by atoms with E-state index in [9.17, 15) is 0 Å². The Bertz CT molecular complexity index is 492. The molecule has 0 aliphatic carbocycles. The molecule has 0 radical (unpaired) electrons. The van der Waals surface area contributed by atoms with Crippen molar-refractivity contribution in [2.45, 2.75) is 33.4 Å². The number of anilines is 1. The molecule has 0 saturated carbocycles. The maximum atomic E-state index is 5.31. The van der Waals surface area contributed by atoms with Crippen molar-refractivity contribution in [1.82, 2.24) is 14.8 Å². The lowest BCUT2D eigenvalue weighted by Gasteiger charge is -2.09. The minimum absolute atomic E-state index is 0.635. The zero-order valence-corrected chi connectivity index (χ0v) is 11.5. The maximum Gasteiger partial charge on any atom is 0.213 e. The number of aromatic nitrogens is 3. The second-order valence-electron chi connectivity index (χ2n) is 4.22. The van der Waals surface area contributed by atoms with E-state index in [1.54, 1.807) is 6.20 Å². The smallest absolute Gasteiger partial charge is 0.213 e. The van der Waals surface area contributed by atoms with Gasteiger partial charge in [0.15, 0.2) is 0 Å². The summed E-state index contributed by atoms with van der Waals surface area (Å²) in [6.45, 7) is 6.43. The highest BCUT2D eigenvalue weighted by Gasteiger charge is 2.02. The largest absolute Gasteiger partial charge is 0.478 e. The van der Waals surface area contributed by atoms with Crippen LogP contribution in [0.5, 0.6) is 5.88 Å². The first-order chi connectivity index (χ1) is 9.33. The average molecular weight is 260 g/mol. The summed E-state index contributed by atoms with van der Waals surface area (Å²) in [5, 5.41) is 7.63. The molecule has 0 aliphatic heterocycles. The Kier molecular flexibility index (Phi) is 4.78. The molecule has 0 bridgehead atoms. The fourth-order valence-corrected chi connectivity index (χ4v) is 1.83. The summed E-state index contributed by atoms with van der Waals surface area (Å²) < 4.78 is 7.33. The van der Waals surface area contributed by atoms with Crippen LogP contribution in [0, 0.1) is 0 Å². The highest BCUT2D eigenvalue weighted by molar-refractivity contribution is 5.42. The van der Waals surface area contributed by atoms with Crippen LogP contribution in [0.15, 0.2) is 30.6 Å². The molecule has 0 atom stereocenters. The van der Waals surface area contributed by atoms with Gasteiger partial charge >= 0.3 is 0 Å². The first kappa shape index (κ1) is 13.4. The third kappa shape index (κ3) is 3.71. The van der Waals surface area contributed by atoms with Crippen LogP contribution < -0.4 is 10.1 Å². The molecule has 2 aromatic rings. The number of nitrogens with one attached hydrogen (secondary N) is 1. The van der Waals surface area contributed by atoms with Crippen LogP contribution in [-0.2, 0) is 13.1 Å². The van der Waals surface area contributed by atoms with Gasteiger partial charge in [0.25, 0.3) is 0 Å². The Labute approximate surface area is 113 Å². The molecule has 0 amide bonds. The molecular weight excluding hydrogens is 240 g/mol. The third-order valence-electron chi connectivity index (χ3n) is 2.74. The Morgan fingerprint density at radius 1 is 1.26 bits per heavy atom. The molecular formula is C14H20N4O. The standard InChI is InChI=1S/C14H20N4O/c1-3-9-18-13(7-8-17-18)11-15-12-5-6-14(16-10-12)19-4-2/h5-8,10,15H,3-4,9,11H2,1-2H3. The first-order valence-electron chi connectivity index (χ1n) is 6.67. The van der Waals surface area contributed by atoms with Crippen LogP contribution in [0.25, 0.3) is 0 Å². The fraction of sp³-hybridized carbons (Fsp3) is 0.429. The summed E-state index contributed by atoms with van der Waals surface area (Å²) in [6.07, 6.45) is 4.70. The molecule has 0 saturated heterocycles. The second kappa shape index (κ2) is 6.78. The highest BCUT2D eigenvalue weighted by atomic mass is 16.5. The van der Waals surface area contributed by atoms with Crippen molar-refractivity contribution < 1.29 is 4.74 Å². The van der Waals surface area contributed by atoms with E-state index >= 15 is 0 Å². The summed E-state index contributed by atoms with van der Waals surface area (Å²) >= 11 is 0. The third-order valence-corrected chi connectivity index (χ3v) is 2.74. The predicted molar refractivity (Wildman–Crippen MR) is 75.3 cm³/mol. The lowest BCUT2D eigenvalue weighted by molar-refractivity contribution is 0.327. The number of hydrogen-bond donors (Lipinski definition) is 1. The van der Waals surface area contributed by atoms with Gasteiger partial charge in [-0.3, -0.25) is 4.68 Å². The number of ether oxygens (including phenoxy) is 1. The van der Waals surface area contributed by atoms with E-state index in [2.05, 4.69) is 22.3 Å². The zero-order valence-electron chi connectivity index (χ0n) is 11.5. The van der Waals surface area contributed by atoms with Crippen LogP contribution in [0.1, 0.15) is 26.0 Å². The quantitative estimate of drug-likeness (QED) is 0.831. The summed E-state index contributed by atoms with van der Waals surface area (Å²) in [4.78, 5) is 4.22. The van der Waals surface area contributed by atoms with Gasteiger partial charge < -0.3 is 10.1 Å². The van der Waals surface area contributed by atoms with E-state index in [1.807, 2.05) is 36.0 Å². The molecule has 2 aromatic heterocycles. The molecule has 2 heterocycles.